The van der Waals surface area contributed by atoms with Crippen molar-refractivity contribution in [3.63, 3.8) is 0 Å². The van der Waals surface area contributed by atoms with Gasteiger partial charge in [-0.15, -0.1) is 0 Å². The van der Waals surface area contributed by atoms with Crippen LogP contribution in [0.5, 0.6) is 0 Å². The second kappa shape index (κ2) is 5.83. The van der Waals surface area contributed by atoms with Crippen molar-refractivity contribution in [2.45, 2.75) is 19.0 Å². The van der Waals surface area contributed by atoms with Crippen LogP contribution in [0.3, 0.4) is 0 Å². The average molecular weight is 287 g/mol. The smallest absolute Gasteiger partial charge is 0.396 e. The number of halogens is 3. The van der Waals surface area contributed by atoms with Gasteiger partial charge in [0.2, 0.25) is 5.91 Å². The monoisotopic (exact) mass is 287 g/mol. The van der Waals surface area contributed by atoms with Crippen molar-refractivity contribution in [3.05, 3.63) is 35.4 Å². The van der Waals surface area contributed by atoms with Crippen LogP contribution in [0.15, 0.2) is 24.3 Å². The van der Waals surface area contributed by atoms with Gasteiger partial charge >= 0.3 is 6.18 Å². The summed E-state index contributed by atoms with van der Waals surface area (Å²) < 4.78 is 38.5. The lowest BCUT2D eigenvalue weighted by atomic mass is 10.0. The molecule has 0 radical (unpaired) electrons. The fourth-order valence-corrected chi connectivity index (χ4v) is 2.43. The van der Waals surface area contributed by atoms with Gasteiger partial charge in [-0.2, -0.15) is 13.2 Å². The molecule has 1 fully saturated rings. The van der Waals surface area contributed by atoms with E-state index in [0.717, 1.165) is 6.07 Å². The molecule has 0 bridgehead atoms. The van der Waals surface area contributed by atoms with Gasteiger partial charge in [0.25, 0.3) is 0 Å². The number of rotatable bonds is 3. The minimum atomic E-state index is -4.45. The van der Waals surface area contributed by atoms with Gasteiger partial charge in [-0.1, -0.05) is 18.2 Å². The van der Waals surface area contributed by atoms with Crippen LogP contribution in [0.25, 0.3) is 0 Å². The number of aliphatic hydroxyl groups excluding tert-OH is 1. The highest BCUT2D eigenvalue weighted by Gasteiger charge is 2.34. The molecule has 3 nitrogen and oxygen atoms in total. The van der Waals surface area contributed by atoms with Gasteiger partial charge in [0.1, 0.15) is 0 Å². The Labute approximate surface area is 115 Å². The van der Waals surface area contributed by atoms with Crippen LogP contribution < -0.4 is 0 Å². The van der Waals surface area contributed by atoms with E-state index in [1.807, 2.05) is 0 Å². The van der Waals surface area contributed by atoms with Crippen LogP contribution in [0.4, 0.5) is 13.2 Å². The highest BCUT2D eigenvalue weighted by atomic mass is 19.4. The predicted octanol–water partition coefficient (Wildman–Crippen LogP) is 2.09. The van der Waals surface area contributed by atoms with E-state index in [4.69, 9.17) is 5.11 Å². The molecule has 1 amide bonds. The minimum Gasteiger partial charge on any atom is -0.396 e. The molecule has 1 aliphatic rings. The number of hydrogen-bond donors (Lipinski definition) is 1. The van der Waals surface area contributed by atoms with Crippen molar-refractivity contribution >= 4 is 5.91 Å². The number of hydrogen-bond acceptors (Lipinski definition) is 2. The quantitative estimate of drug-likeness (QED) is 0.924. The first-order chi connectivity index (χ1) is 9.41. The van der Waals surface area contributed by atoms with E-state index >= 15 is 0 Å². The van der Waals surface area contributed by atoms with Gasteiger partial charge in [-0.05, 0) is 18.1 Å². The van der Waals surface area contributed by atoms with E-state index in [-0.39, 0.29) is 30.4 Å². The lowest BCUT2D eigenvalue weighted by Crippen LogP contribution is -2.31. The van der Waals surface area contributed by atoms with Gasteiger partial charge in [-0.3, -0.25) is 4.79 Å². The molecule has 1 aromatic rings. The first kappa shape index (κ1) is 14.8. The average Bonchev–Trinajstić information content (AvgIpc) is 2.87. The number of carbonyl (C=O) groups is 1. The van der Waals surface area contributed by atoms with Crippen molar-refractivity contribution in [3.8, 4) is 0 Å². The number of benzene rings is 1. The third kappa shape index (κ3) is 3.30. The Morgan fingerprint density at radius 1 is 1.35 bits per heavy atom. The topological polar surface area (TPSA) is 40.5 Å². The molecular formula is C14H16F3NO2. The second-order valence-corrected chi connectivity index (χ2v) is 5.01. The SMILES string of the molecule is O=C(Cc1ccccc1C(F)(F)F)N1CCC(CO)C1. The molecule has 1 aromatic carbocycles. The number of amides is 1. The van der Waals surface area contributed by atoms with Gasteiger partial charge in [-0.25, -0.2) is 0 Å². The minimum absolute atomic E-state index is 0.00236. The van der Waals surface area contributed by atoms with E-state index in [0.29, 0.717) is 19.5 Å². The first-order valence-corrected chi connectivity index (χ1v) is 6.45. The standard InChI is InChI=1S/C14H16F3NO2/c15-14(16,17)12-4-2-1-3-11(12)7-13(20)18-6-5-10(8-18)9-19/h1-4,10,19H,5-9H2. The van der Waals surface area contributed by atoms with Crippen molar-refractivity contribution in [2.24, 2.45) is 5.92 Å². The van der Waals surface area contributed by atoms with Crippen LogP contribution in [0.1, 0.15) is 17.5 Å². The molecule has 1 unspecified atom stereocenters. The van der Waals surface area contributed by atoms with Crippen molar-refractivity contribution in [1.82, 2.24) is 4.90 Å². The maximum atomic E-state index is 12.8. The summed E-state index contributed by atoms with van der Waals surface area (Å²) in [6, 6.07) is 5.14. The Morgan fingerprint density at radius 3 is 2.65 bits per heavy atom. The summed E-state index contributed by atoms with van der Waals surface area (Å²) in [5.74, 6) is -0.283. The van der Waals surface area contributed by atoms with Crippen molar-refractivity contribution in [2.75, 3.05) is 19.7 Å². The molecule has 0 aliphatic carbocycles. The molecule has 1 aliphatic heterocycles. The molecule has 20 heavy (non-hydrogen) atoms. The fourth-order valence-electron chi connectivity index (χ4n) is 2.43. The van der Waals surface area contributed by atoms with Crippen LogP contribution in [0.2, 0.25) is 0 Å². The number of aliphatic hydroxyl groups is 1. The molecule has 1 atom stereocenters. The van der Waals surface area contributed by atoms with Gasteiger partial charge in [0, 0.05) is 25.6 Å². The normalized spacial score (nSPS) is 19.4. The molecule has 0 saturated carbocycles. The zero-order valence-electron chi connectivity index (χ0n) is 10.9. The maximum Gasteiger partial charge on any atom is 0.416 e. The molecule has 2 rings (SSSR count). The summed E-state index contributed by atoms with van der Waals surface area (Å²) in [4.78, 5) is 13.6. The summed E-state index contributed by atoms with van der Waals surface area (Å²) in [7, 11) is 0. The Hall–Kier alpha value is -1.56. The van der Waals surface area contributed by atoms with Crippen LogP contribution >= 0.6 is 0 Å². The van der Waals surface area contributed by atoms with E-state index in [1.54, 1.807) is 0 Å². The highest BCUT2D eigenvalue weighted by Crippen LogP contribution is 2.32. The Morgan fingerprint density at radius 2 is 2.05 bits per heavy atom. The highest BCUT2D eigenvalue weighted by molar-refractivity contribution is 5.79. The zero-order valence-corrected chi connectivity index (χ0v) is 10.9. The van der Waals surface area contributed by atoms with E-state index in [2.05, 4.69) is 0 Å². The number of alkyl halides is 3. The first-order valence-electron chi connectivity index (χ1n) is 6.45. The lowest BCUT2D eigenvalue weighted by molar-refractivity contribution is -0.138. The van der Waals surface area contributed by atoms with Crippen LogP contribution in [0, 0.1) is 5.92 Å². The second-order valence-electron chi connectivity index (χ2n) is 5.01. The van der Waals surface area contributed by atoms with E-state index in [1.165, 1.54) is 23.1 Å². The Balaban J connectivity index is 2.09. The largest absolute Gasteiger partial charge is 0.416 e. The molecule has 0 spiro atoms. The third-order valence-electron chi connectivity index (χ3n) is 3.56. The van der Waals surface area contributed by atoms with Crippen LogP contribution in [-0.4, -0.2) is 35.6 Å². The summed E-state index contributed by atoms with van der Waals surface area (Å²) in [5, 5.41) is 9.02. The number of nitrogens with zero attached hydrogens (tertiary/aromatic N) is 1. The third-order valence-corrected chi connectivity index (χ3v) is 3.56. The van der Waals surface area contributed by atoms with Gasteiger partial charge in [0.15, 0.2) is 0 Å². The zero-order chi connectivity index (χ0) is 14.8. The molecule has 110 valence electrons. The maximum absolute atomic E-state index is 12.8. The molecule has 6 heteroatoms. The van der Waals surface area contributed by atoms with Crippen molar-refractivity contribution < 1.29 is 23.1 Å². The van der Waals surface area contributed by atoms with Crippen LogP contribution in [-0.2, 0) is 17.4 Å². The van der Waals surface area contributed by atoms with Gasteiger partial charge < -0.3 is 10.0 Å². The summed E-state index contributed by atoms with van der Waals surface area (Å²) >= 11 is 0. The molecular weight excluding hydrogens is 271 g/mol. The number of carbonyl (C=O) groups excluding carboxylic acids is 1. The van der Waals surface area contributed by atoms with Crippen molar-refractivity contribution in [1.29, 1.82) is 0 Å². The number of likely N-dealkylation sites (tertiary alicyclic amines) is 1. The lowest BCUT2D eigenvalue weighted by Gasteiger charge is -2.18. The fraction of sp³-hybridized carbons (Fsp3) is 0.500. The molecule has 1 heterocycles. The molecule has 1 N–H and O–H groups in total. The Bertz CT molecular complexity index is 488. The summed E-state index contributed by atoms with van der Waals surface area (Å²) in [6.45, 7) is 0.921. The summed E-state index contributed by atoms with van der Waals surface area (Å²) in [6.07, 6.45) is -4.01. The summed E-state index contributed by atoms with van der Waals surface area (Å²) in [5.41, 5.74) is -0.760. The van der Waals surface area contributed by atoms with Gasteiger partial charge in [0.05, 0.1) is 12.0 Å². The van der Waals surface area contributed by atoms with E-state index in [9.17, 15) is 18.0 Å². The Kier molecular flexibility index (Phi) is 4.32. The van der Waals surface area contributed by atoms with E-state index < -0.39 is 11.7 Å². The molecule has 0 aromatic heterocycles. The predicted molar refractivity (Wildman–Crippen MR) is 66.9 cm³/mol. The molecule has 1 saturated heterocycles.